The van der Waals surface area contributed by atoms with Gasteiger partial charge in [-0.25, -0.2) is 9.59 Å². The summed E-state index contributed by atoms with van der Waals surface area (Å²) in [5.74, 6) is -1.13. The van der Waals surface area contributed by atoms with Crippen LogP contribution in [0.2, 0.25) is 0 Å². The van der Waals surface area contributed by atoms with Gasteiger partial charge in [0.1, 0.15) is 6.04 Å². The van der Waals surface area contributed by atoms with E-state index in [1.807, 2.05) is 0 Å². The predicted molar refractivity (Wildman–Crippen MR) is 68.6 cm³/mol. The van der Waals surface area contributed by atoms with E-state index in [0.717, 1.165) is 4.57 Å². The zero-order valence-electron chi connectivity index (χ0n) is 10.2. The minimum atomic E-state index is -1.02. The molecular formula is C10H12BrN3O5. The van der Waals surface area contributed by atoms with Crippen molar-refractivity contribution >= 4 is 27.8 Å². The van der Waals surface area contributed by atoms with Crippen molar-refractivity contribution in [3.63, 3.8) is 0 Å². The first-order valence-electron chi connectivity index (χ1n) is 5.19. The molecule has 1 aromatic rings. The molecule has 1 aromatic heterocycles. The van der Waals surface area contributed by atoms with E-state index >= 15 is 0 Å². The number of halogens is 1. The number of carbonyl (C=O) groups excluding carboxylic acids is 2. The average Bonchev–Trinajstić information content (AvgIpc) is 2.33. The van der Waals surface area contributed by atoms with Gasteiger partial charge in [-0.3, -0.25) is 19.1 Å². The van der Waals surface area contributed by atoms with E-state index < -0.39 is 29.2 Å². The number of esters is 1. The van der Waals surface area contributed by atoms with Crippen LogP contribution in [0, 0.1) is 0 Å². The average molecular weight is 334 g/mol. The Balaban J connectivity index is 3.06. The molecule has 0 aliphatic heterocycles. The van der Waals surface area contributed by atoms with E-state index in [4.69, 9.17) is 0 Å². The van der Waals surface area contributed by atoms with Gasteiger partial charge >= 0.3 is 11.7 Å². The number of amides is 1. The van der Waals surface area contributed by atoms with Crippen molar-refractivity contribution in [2.24, 2.45) is 0 Å². The molecule has 9 heteroatoms. The lowest BCUT2D eigenvalue weighted by Gasteiger charge is -2.16. The van der Waals surface area contributed by atoms with Gasteiger partial charge in [-0.1, -0.05) is 0 Å². The number of aromatic nitrogens is 2. The van der Waals surface area contributed by atoms with Crippen LogP contribution in [0.5, 0.6) is 0 Å². The molecule has 1 heterocycles. The van der Waals surface area contributed by atoms with Crippen molar-refractivity contribution in [1.29, 1.82) is 0 Å². The van der Waals surface area contributed by atoms with Gasteiger partial charge in [0.25, 0.3) is 5.56 Å². The molecule has 0 radical (unpaired) electrons. The number of H-pyrrole nitrogens is 1. The maximum atomic E-state index is 11.5. The summed E-state index contributed by atoms with van der Waals surface area (Å²) in [5, 5.41) is 2.36. The molecule has 1 unspecified atom stereocenters. The van der Waals surface area contributed by atoms with Crippen LogP contribution >= 0.6 is 15.9 Å². The highest BCUT2D eigenvalue weighted by Crippen LogP contribution is 2.00. The Bertz CT molecular complexity index is 606. The molecule has 0 saturated carbocycles. The highest BCUT2D eigenvalue weighted by Gasteiger charge is 2.21. The van der Waals surface area contributed by atoms with E-state index in [1.165, 1.54) is 20.2 Å². The van der Waals surface area contributed by atoms with Gasteiger partial charge < -0.3 is 10.1 Å². The number of hydrogen-bond acceptors (Lipinski definition) is 5. The molecule has 2 N–H and O–H groups in total. The topological polar surface area (TPSA) is 110 Å². The van der Waals surface area contributed by atoms with Crippen molar-refractivity contribution in [2.45, 2.75) is 19.5 Å². The molecule has 0 spiro atoms. The molecular weight excluding hydrogens is 322 g/mol. The first-order valence-corrected chi connectivity index (χ1v) is 5.98. The van der Waals surface area contributed by atoms with Crippen LogP contribution in [0.1, 0.15) is 6.92 Å². The van der Waals surface area contributed by atoms with Crippen molar-refractivity contribution in [1.82, 2.24) is 14.9 Å². The second-order valence-corrected chi connectivity index (χ2v) is 4.52. The van der Waals surface area contributed by atoms with Crippen molar-refractivity contribution in [2.75, 3.05) is 7.11 Å². The molecule has 1 rings (SSSR count). The van der Waals surface area contributed by atoms with Crippen LogP contribution in [0.25, 0.3) is 0 Å². The number of nitrogens with zero attached hydrogens (tertiary/aromatic N) is 1. The van der Waals surface area contributed by atoms with Gasteiger partial charge in [-0.05, 0) is 15.9 Å². The Kier molecular flexibility index (Phi) is 5.04. The number of aromatic amines is 1. The predicted octanol–water partition coefficient (Wildman–Crippen LogP) is -1.02. The van der Waals surface area contributed by atoms with E-state index in [2.05, 4.69) is 31.0 Å². The van der Waals surface area contributed by atoms with E-state index in [-0.39, 0.29) is 11.0 Å². The monoisotopic (exact) mass is 333 g/mol. The third-order valence-electron chi connectivity index (χ3n) is 2.21. The summed E-state index contributed by atoms with van der Waals surface area (Å²) in [4.78, 5) is 47.3. The highest BCUT2D eigenvalue weighted by molar-refractivity contribution is 9.10. The first kappa shape index (κ1) is 15.2. The third kappa shape index (κ3) is 4.05. The molecule has 0 aliphatic rings. The Morgan fingerprint density at radius 2 is 2.16 bits per heavy atom. The number of rotatable bonds is 4. The van der Waals surface area contributed by atoms with Crippen LogP contribution in [-0.4, -0.2) is 34.6 Å². The first-order chi connectivity index (χ1) is 8.85. The molecule has 0 saturated heterocycles. The van der Waals surface area contributed by atoms with Gasteiger partial charge in [-0.15, -0.1) is 0 Å². The summed E-state index contributed by atoms with van der Waals surface area (Å²) in [6, 6.07) is -1.02. The molecule has 0 fully saturated rings. The Labute approximate surface area is 115 Å². The molecule has 19 heavy (non-hydrogen) atoms. The van der Waals surface area contributed by atoms with Gasteiger partial charge in [0.05, 0.1) is 18.1 Å². The van der Waals surface area contributed by atoms with Gasteiger partial charge in [0, 0.05) is 13.1 Å². The number of ether oxygens (including phenoxy) is 1. The highest BCUT2D eigenvalue weighted by atomic mass is 79.9. The van der Waals surface area contributed by atoms with E-state index in [9.17, 15) is 19.2 Å². The van der Waals surface area contributed by atoms with Gasteiger partial charge in [0.2, 0.25) is 5.91 Å². The normalized spacial score (nSPS) is 11.7. The van der Waals surface area contributed by atoms with Gasteiger partial charge in [0.15, 0.2) is 0 Å². The summed E-state index contributed by atoms with van der Waals surface area (Å²) in [7, 11) is 1.17. The Morgan fingerprint density at radius 3 is 2.68 bits per heavy atom. The number of hydrogen-bond donors (Lipinski definition) is 2. The fourth-order valence-corrected chi connectivity index (χ4v) is 1.73. The van der Waals surface area contributed by atoms with Crippen molar-refractivity contribution in [3.05, 3.63) is 31.5 Å². The molecule has 1 amide bonds. The third-order valence-corrected chi connectivity index (χ3v) is 2.77. The number of nitrogens with one attached hydrogen (secondary N) is 2. The zero-order chi connectivity index (χ0) is 14.6. The SMILES string of the molecule is COC(=O)C(Cn1cc(Br)c(=O)[nH]c1=O)NC(C)=O. The van der Waals surface area contributed by atoms with Gasteiger partial charge in [-0.2, -0.15) is 0 Å². The van der Waals surface area contributed by atoms with Crippen LogP contribution in [0.3, 0.4) is 0 Å². The smallest absolute Gasteiger partial charge is 0.330 e. The quantitative estimate of drug-likeness (QED) is 0.685. The van der Waals surface area contributed by atoms with Crippen LogP contribution in [-0.2, 0) is 20.9 Å². The molecule has 8 nitrogen and oxygen atoms in total. The standard InChI is InChI=1S/C10H12BrN3O5/c1-5(15)12-7(9(17)19-2)4-14-3-6(11)8(16)13-10(14)18/h3,7H,4H2,1-2H3,(H,12,15)(H,13,16,18). The lowest BCUT2D eigenvalue weighted by Crippen LogP contribution is -2.46. The number of carbonyl (C=O) groups is 2. The van der Waals surface area contributed by atoms with Crippen LogP contribution in [0.15, 0.2) is 20.3 Å². The van der Waals surface area contributed by atoms with Crippen LogP contribution < -0.4 is 16.6 Å². The molecule has 0 bridgehead atoms. The number of methoxy groups -OCH3 is 1. The molecule has 1 atom stereocenters. The largest absolute Gasteiger partial charge is 0.467 e. The maximum absolute atomic E-state index is 11.5. The zero-order valence-corrected chi connectivity index (χ0v) is 11.8. The summed E-state index contributed by atoms with van der Waals surface area (Å²) in [5.41, 5.74) is -1.26. The Hall–Kier alpha value is -1.90. The second kappa shape index (κ2) is 6.32. The lowest BCUT2D eigenvalue weighted by molar-refractivity contribution is -0.145. The van der Waals surface area contributed by atoms with E-state index in [1.54, 1.807) is 0 Å². The minimum Gasteiger partial charge on any atom is -0.467 e. The second-order valence-electron chi connectivity index (χ2n) is 3.66. The summed E-state index contributed by atoms with van der Waals surface area (Å²) in [6.07, 6.45) is 1.24. The lowest BCUT2D eigenvalue weighted by atomic mass is 10.3. The maximum Gasteiger partial charge on any atom is 0.330 e. The van der Waals surface area contributed by atoms with Crippen molar-refractivity contribution < 1.29 is 14.3 Å². The fraction of sp³-hybridized carbons (Fsp3) is 0.400. The van der Waals surface area contributed by atoms with Crippen molar-refractivity contribution in [3.8, 4) is 0 Å². The molecule has 0 aliphatic carbocycles. The Morgan fingerprint density at radius 1 is 1.53 bits per heavy atom. The van der Waals surface area contributed by atoms with Crippen LogP contribution in [0.4, 0.5) is 0 Å². The summed E-state index contributed by atoms with van der Waals surface area (Å²) < 4.78 is 5.75. The molecule has 0 aromatic carbocycles. The summed E-state index contributed by atoms with van der Waals surface area (Å²) in [6.45, 7) is 1.09. The summed E-state index contributed by atoms with van der Waals surface area (Å²) >= 11 is 2.97. The fourth-order valence-electron chi connectivity index (χ4n) is 1.38. The van der Waals surface area contributed by atoms with E-state index in [0.29, 0.717) is 0 Å². The minimum absolute atomic E-state index is 0.138. The molecule has 104 valence electrons.